The van der Waals surface area contributed by atoms with E-state index in [1.165, 1.54) is 48.9 Å². The van der Waals surface area contributed by atoms with Crippen LogP contribution in [0.25, 0.3) is 0 Å². The van der Waals surface area contributed by atoms with Crippen LogP contribution in [-0.2, 0) is 17.8 Å². The molecule has 3 heterocycles. The number of benzene rings is 1. The summed E-state index contributed by atoms with van der Waals surface area (Å²) in [6.07, 6.45) is 7.56. The van der Waals surface area contributed by atoms with Gasteiger partial charge in [0.15, 0.2) is 0 Å². The number of para-hydroxylation sites is 1. The molecular formula is C26H33N5O3. The van der Waals surface area contributed by atoms with Crippen LogP contribution in [0.4, 0.5) is 5.69 Å². The summed E-state index contributed by atoms with van der Waals surface area (Å²) < 4.78 is 1.26. The highest BCUT2D eigenvalue weighted by Gasteiger charge is 2.28. The normalized spacial score (nSPS) is 19.3. The van der Waals surface area contributed by atoms with Gasteiger partial charge in [-0.05, 0) is 37.0 Å². The van der Waals surface area contributed by atoms with Crippen molar-refractivity contribution in [3.63, 3.8) is 0 Å². The van der Waals surface area contributed by atoms with E-state index in [0.717, 1.165) is 43.9 Å². The van der Waals surface area contributed by atoms with Crippen LogP contribution in [0.5, 0.6) is 0 Å². The first kappa shape index (κ1) is 22.8. The lowest BCUT2D eigenvalue weighted by Gasteiger charge is -2.40. The Labute approximate surface area is 200 Å². The molecule has 0 radical (unpaired) electrons. The highest BCUT2D eigenvalue weighted by atomic mass is 16.2. The van der Waals surface area contributed by atoms with Crippen molar-refractivity contribution >= 4 is 17.5 Å². The van der Waals surface area contributed by atoms with Gasteiger partial charge in [-0.1, -0.05) is 37.5 Å². The van der Waals surface area contributed by atoms with Gasteiger partial charge in [0.05, 0.1) is 6.54 Å². The Morgan fingerprint density at radius 1 is 0.912 bits per heavy atom. The number of nitrogens with zero attached hydrogens (tertiary/aromatic N) is 5. The average molecular weight is 464 g/mol. The number of carbonyl (C=O) groups is 2. The van der Waals surface area contributed by atoms with Crippen molar-refractivity contribution in [1.82, 2.24) is 19.6 Å². The predicted octanol–water partition coefficient (Wildman–Crippen LogP) is 2.31. The first-order valence-electron chi connectivity index (χ1n) is 12.6. The third-order valence-corrected chi connectivity index (χ3v) is 7.51. The summed E-state index contributed by atoms with van der Waals surface area (Å²) >= 11 is 0. The van der Waals surface area contributed by atoms with Gasteiger partial charge in [0, 0.05) is 56.9 Å². The van der Waals surface area contributed by atoms with E-state index in [0.29, 0.717) is 12.6 Å². The predicted molar refractivity (Wildman–Crippen MR) is 130 cm³/mol. The van der Waals surface area contributed by atoms with E-state index in [-0.39, 0.29) is 36.0 Å². The second-order valence-electron chi connectivity index (χ2n) is 9.57. The van der Waals surface area contributed by atoms with E-state index >= 15 is 0 Å². The summed E-state index contributed by atoms with van der Waals surface area (Å²) in [7, 11) is 0. The summed E-state index contributed by atoms with van der Waals surface area (Å²) in [6, 6.07) is 11.4. The SMILES string of the molecule is O=C(CCn1nc(C(=O)N2CCc3ccccc32)ccc1=O)N1CCN(C2CCCCC2)CC1. The van der Waals surface area contributed by atoms with Crippen LogP contribution in [-0.4, -0.2) is 70.2 Å². The molecule has 8 heteroatoms. The summed E-state index contributed by atoms with van der Waals surface area (Å²) in [5.41, 5.74) is 1.96. The average Bonchev–Trinajstić information content (AvgIpc) is 3.32. The zero-order valence-corrected chi connectivity index (χ0v) is 19.7. The molecule has 34 heavy (non-hydrogen) atoms. The molecule has 5 rings (SSSR count). The molecule has 1 aromatic carbocycles. The zero-order valence-electron chi connectivity index (χ0n) is 19.7. The Hall–Kier alpha value is -3.00. The number of aryl methyl sites for hydroxylation is 1. The fraction of sp³-hybridized carbons (Fsp3) is 0.538. The maximum Gasteiger partial charge on any atom is 0.278 e. The molecule has 3 aliphatic rings. The number of fused-ring (bicyclic) bond motifs is 1. The molecule has 2 aliphatic heterocycles. The summed E-state index contributed by atoms with van der Waals surface area (Å²) in [6.45, 7) is 4.11. The Kier molecular flexibility index (Phi) is 6.76. The molecule has 180 valence electrons. The third-order valence-electron chi connectivity index (χ3n) is 7.51. The molecular weight excluding hydrogens is 430 g/mol. The number of amides is 2. The minimum Gasteiger partial charge on any atom is -0.340 e. The van der Waals surface area contributed by atoms with Crippen LogP contribution in [0, 0.1) is 0 Å². The fourth-order valence-corrected chi connectivity index (χ4v) is 5.55. The molecule has 1 saturated heterocycles. The molecule has 2 amide bonds. The molecule has 0 N–H and O–H groups in total. The van der Waals surface area contributed by atoms with Crippen molar-refractivity contribution in [2.45, 2.75) is 57.5 Å². The van der Waals surface area contributed by atoms with E-state index in [2.05, 4.69) is 10.00 Å². The summed E-state index contributed by atoms with van der Waals surface area (Å²) in [5.74, 6) is -0.175. The molecule has 0 bridgehead atoms. The van der Waals surface area contributed by atoms with E-state index in [1.807, 2.05) is 29.2 Å². The van der Waals surface area contributed by atoms with Gasteiger partial charge < -0.3 is 9.80 Å². The van der Waals surface area contributed by atoms with Gasteiger partial charge in [0.2, 0.25) is 5.91 Å². The van der Waals surface area contributed by atoms with Crippen molar-refractivity contribution < 1.29 is 9.59 Å². The Morgan fingerprint density at radius 2 is 1.68 bits per heavy atom. The third kappa shape index (κ3) is 4.78. The molecule has 1 aromatic heterocycles. The molecule has 0 spiro atoms. The quantitative estimate of drug-likeness (QED) is 0.680. The van der Waals surface area contributed by atoms with E-state index in [4.69, 9.17) is 0 Å². The lowest BCUT2D eigenvalue weighted by atomic mass is 9.94. The first-order valence-corrected chi connectivity index (χ1v) is 12.6. The van der Waals surface area contributed by atoms with Crippen LogP contribution in [0.2, 0.25) is 0 Å². The van der Waals surface area contributed by atoms with Crippen molar-refractivity contribution in [3.05, 3.63) is 58.0 Å². The number of hydrogen-bond acceptors (Lipinski definition) is 5. The number of piperazine rings is 1. The van der Waals surface area contributed by atoms with Crippen molar-refractivity contribution in [2.24, 2.45) is 0 Å². The second-order valence-corrected chi connectivity index (χ2v) is 9.57. The van der Waals surface area contributed by atoms with E-state index in [1.54, 1.807) is 4.90 Å². The van der Waals surface area contributed by atoms with Crippen molar-refractivity contribution in [1.29, 1.82) is 0 Å². The number of anilines is 1. The summed E-state index contributed by atoms with van der Waals surface area (Å²) in [4.78, 5) is 44.4. The largest absolute Gasteiger partial charge is 0.340 e. The molecule has 1 aliphatic carbocycles. The molecule has 0 unspecified atom stereocenters. The zero-order chi connectivity index (χ0) is 23.5. The summed E-state index contributed by atoms with van der Waals surface area (Å²) in [5, 5.41) is 4.31. The van der Waals surface area contributed by atoms with Crippen LogP contribution < -0.4 is 10.5 Å². The number of aromatic nitrogens is 2. The van der Waals surface area contributed by atoms with Crippen LogP contribution in [0.15, 0.2) is 41.2 Å². The number of hydrogen-bond donors (Lipinski definition) is 0. The molecule has 1 saturated carbocycles. The van der Waals surface area contributed by atoms with Gasteiger partial charge in [-0.15, -0.1) is 0 Å². The highest BCUT2D eigenvalue weighted by Crippen LogP contribution is 2.28. The topological polar surface area (TPSA) is 78.8 Å². The van der Waals surface area contributed by atoms with Gasteiger partial charge >= 0.3 is 0 Å². The number of rotatable bonds is 5. The van der Waals surface area contributed by atoms with E-state index in [9.17, 15) is 14.4 Å². The Balaban J connectivity index is 1.18. The van der Waals surface area contributed by atoms with Crippen molar-refractivity contribution in [3.8, 4) is 0 Å². The highest BCUT2D eigenvalue weighted by molar-refractivity contribution is 6.05. The molecule has 0 atom stereocenters. The first-order chi connectivity index (χ1) is 16.6. The monoisotopic (exact) mass is 463 g/mol. The Bertz CT molecular complexity index is 1100. The van der Waals surface area contributed by atoms with Gasteiger partial charge in [0.1, 0.15) is 5.69 Å². The lowest BCUT2D eigenvalue weighted by Crippen LogP contribution is -2.52. The maximum absolute atomic E-state index is 13.1. The maximum atomic E-state index is 13.1. The van der Waals surface area contributed by atoms with Gasteiger partial charge in [-0.3, -0.25) is 19.3 Å². The standard InChI is InChI=1S/C26H33N5O3/c32-24(29-18-16-28(17-19-29)21-7-2-1-3-8-21)13-15-31-25(33)11-10-22(27-31)26(34)30-14-12-20-6-4-5-9-23(20)30/h4-6,9-11,21H,1-3,7-8,12-19H2. The van der Waals surface area contributed by atoms with Crippen LogP contribution in [0.3, 0.4) is 0 Å². The second kappa shape index (κ2) is 10.1. The van der Waals surface area contributed by atoms with E-state index < -0.39 is 0 Å². The lowest BCUT2D eigenvalue weighted by molar-refractivity contribution is -0.133. The molecule has 2 aromatic rings. The van der Waals surface area contributed by atoms with Gasteiger partial charge in [-0.25, -0.2) is 4.68 Å². The minimum absolute atomic E-state index is 0.0437. The van der Waals surface area contributed by atoms with Crippen LogP contribution >= 0.6 is 0 Å². The Morgan fingerprint density at radius 3 is 2.47 bits per heavy atom. The van der Waals surface area contributed by atoms with Gasteiger partial charge in [0.25, 0.3) is 11.5 Å². The fourth-order valence-electron chi connectivity index (χ4n) is 5.55. The van der Waals surface area contributed by atoms with Crippen LogP contribution in [0.1, 0.15) is 54.6 Å². The molecule has 2 fully saturated rings. The molecule has 8 nitrogen and oxygen atoms in total. The smallest absolute Gasteiger partial charge is 0.278 e. The minimum atomic E-state index is -0.298. The van der Waals surface area contributed by atoms with Crippen molar-refractivity contribution in [2.75, 3.05) is 37.6 Å². The van der Waals surface area contributed by atoms with Gasteiger partial charge in [-0.2, -0.15) is 5.10 Å². The number of carbonyl (C=O) groups excluding carboxylic acids is 2.